The summed E-state index contributed by atoms with van der Waals surface area (Å²) in [5.74, 6) is 0.0760. The average Bonchev–Trinajstić information content (AvgIpc) is 2.75. The summed E-state index contributed by atoms with van der Waals surface area (Å²) in [5.41, 5.74) is 3.34. The Kier molecular flexibility index (Phi) is 4.34. The molecule has 0 aliphatic carbocycles. The number of hydrogen-bond donors (Lipinski definition) is 1. The predicted octanol–water partition coefficient (Wildman–Crippen LogP) is 1.98. The van der Waals surface area contributed by atoms with Crippen LogP contribution >= 0.6 is 0 Å². The van der Waals surface area contributed by atoms with E-state index in [1.54, 1.807) is 6.20 Å². The number of hydrogen-bond acceptors (Lipinski definition) is 2. The molecule has 1 N–H and O–H groups in total. The summed E-state index contributed by atoms with van der Waals surface area (Å²) < 4.78 is 1.81. The average molecular weight is 257 g/mol. The van der Waals surface area contributed by atoms with E-state index in [9.17, 15) is 4.79 Å². The number of benzene rings is 1. The Morgan fingerprint density at radius 2 is 2.05 bits per heavy atom. The van der Waals surface area contributed by atoms with Gasteiger partial charge in [0.25, 0.3) is 0 Å². The molecule has 0 spiro atoms. The van der Waals surface area contributed by atoms with E-state index >= 15 is 0 Å². The van der Waals surface area contributed by atoms with E-state index in [2.05, 4.69) is 10.4 Å². The van der Waals surface area contributed by atoms with Crippen molar-refractivity contribution in [2.24, 2.45) is 7.05 Å². The second kappa shape index (κ2) is 6.18. The molecule has 0 radical (unpaired) electrons. The highest BCUT2D eigenvalue weighted by molar-refractivity contribution is 5.76. The van der Waals surface area contributed by atoms with Gasteiger partial charge in [0.2, 0.25) is 5.91 Å². The molecular weight excluding hydrogens is 238 g/mol. The zero-order valence-corrected chi connectivity index (χ0v) is 11.4. The third kappa shape index (κ3) is 3.68. The van der Waals surface area contributed by atoms with Crippen molar-refractivity contribution in [1.82, 2.24) is 15.1 Å². The van der Waals surface area contributed by atoms with Crippen LogP contribution in [0.5, 0.6) is 0 Å². The van der Waals surface area contributed by atoms with Gasteiger partial charge in [-0.1, -0.05) is 30.3 Å². The Labute approximate surface area is 113 Å². The third-order valence-electron chi connectivity index (χ3n) is 3.30. The normalized spacial score (nSPS) is 10.4. The van der Waals surface area contributed by atoms with Crippen molar-refractivity contribution in [3.8, 4) is 0 Å². The van der Waals surface area contributed by atoms with Crippen molar-refractivity contribution in [2.75, 3.05) is 0 Å². The lowest BCUT2D eigenvalue weighted by molar-refractivity contribution is -0.121. The van der Waals surface area contributed by atoms with Gasteiger partial charge in [-0.25, -0.2) is 0 Å². The first kappa shape index (κ1) is 13.3. The molecule has 0 aliphatic heterocycles. The minimum atomic E-state index is 0.0760. The van der Waals surface area contributed by atoms with Gasteiger partial charge >= 0.3 is 0 Å². The number of carbonyl (C=O) groups excluding carboxylic acids is 1. The Bertz CT molecular complexity index is 546. The predicted molar refractivity (Wildman–Crippen MR) is 74.6 cm³/mol. The first-order valence-electron chi connectivity index (χ1n) is 6.45. The number of amides is 1. The molecule has 19 heavy (non-hydrogen) atoms. The van der Waals surface area contributed by atoms with Crippen molar-refractivity contribution in [3.63, 3.8) is 0 Å². The number of aryl methyl sites for hydroxylation is 2. The van der Waals surface area contributed by atoms with Crippen LogP contribution in [-0.4, -0.2) is 15.7 Å². The third-order valence-corrected chi connectivity index (χ3v) is 3.30. The van der Waals surface area contributed by atoms with E-state index in [1.807, 2.05) is 49.0 Å². The van der Waals surface area contributed by atoms with Crippen LogP contribution in [0.2, 0.25) is 0 Å². The SMILES string of the molecule is Cc1c(CNC(=O)CCc2ccccc2)cnn1C. The van der Waals surface area contributed by atoms with Crippen molar-refractivity contribution >= 4 is 5.91 Å². The summed E-state index contributed by atoms with van der Waals surface area (Å²) in [7, 11) is 1.90. The molecule has 4 nitrogen and oxygen atoms in total. The van der Waals surface area contributed by atoms with E-state index in [4.69, 9.17) is 0 Å². The van der Waals surface area contributed by atoms with Gasteiger partial charge in [0.1, 0.15) is 0 Å². The molecule has 1 heterocycles. The van der Waals surface area contributed by atoms with Crippen molar-refractivity contribution in [3.05, 3.63) is 53.3 Å². The molecular formula is C15H19N3O. The van der Waals surface area contributed by atoms with Crippen LogP contribution in [0.15, 0.2) is 36.5 Å². The highest BCUT2D eigenvalue weighted by Gasteiger charge is 2.06. The van der Waals surface area contributed by atoms with Crippen molar-refractivity contribution in [2.45, 2.75) is 26.3 Å². The minimum absolute atomic E-state index is 0.0760. The molecule has 0 fully saturated rings. The lowest BCUT2D eigenvalue weighted by Crippen LogP contribution is -2.23. The van der Waals surface area contributed by atoms with Crippen LogP contribution in [0.25, 0.3) is 0 Å². The molecule has 0 bridgehead atoms. The topological polar surface area (TPSA) is 46.9 Å². The van der Waals surface area contributed by atoms with Gasteiger partial charge in [0.05, 0.1) is 6.20 Å². The molecule has 0 unspecified atom stereocenters. The van der Waals surface area contributed by atoms with E-state index < -0.39 is 0 Å². The van der Waals surface area contributed by atoms with Gasteiger partial charge in [-0.15, -0.1) is 0 Å². The second-order valence-corrected chi connectivity index (χ2v) is 4.64. The van der Waals surface area contributed by atoms with Gasteiger partial charge < -0.3 is 5.32 Å². The molecule has 1 aromatic carbocycles. The number of nitrogens with one attached hydrogen (secondary N) is 1. The fourth-order valence-electron chi connectivity index (χ4n) is 1.90. The first-order valence-corrected chi connectivity index (χ1v) is 6.45. The molecule has 0 saturated carbocycles. The Morgan fingerprint density at radius 3 is 2.68 bits per heavy atom. The minimum Gasteiger partial charge on any atom is -0.352 e. The first-order chi connectivity index (χ1) is 9.16. The fraction of sp³-hybridized carbons (Fsp3) is 0.333. The van der Waals surface area contributed by atoms with Gasteiger partial charge in [0, 0.05) is 31.3 Å². The maximum Gasteiger partial charge on any atom is 0.220 e. The summed E-state index contributed by atoms with van der Waals surface area (Å²) in [6.07, 6.45) is 3.09. The van der Waals surface area contributed by atoms with Crippen molar-refractivity contribution in [1.29, 1.82) is 0 Å². The molecule has 2 aromatic rings. The molecule has 1 aromatic heterocycles. The Hall–Kier alpha value is -2.10. The number of aromatic nitrogens is 2. The Morgan fingerprint density at radius 1 is 1.32 bits per heavy atom. The lowest BCUT2D eigenvalue weighted by atomic mass is 10.1. The molecule has 100 valence electrons. The number of rotatable bonds is 5. The summed E-state index contributed by atoms with van der Waals surface area (Å²) in [4.78, 5) is 11.8. The molecule has 0 saturated heterocycles. The Balaban J connectivity index is 1.78. The smallest absolute Gasteiger partial charge is 0.220 e. The zero-order chi connectivity index (χ0) is 13.7. The maximum atomic E-state index is 11.8. The van der Waals surface area contributed by atoms with Crippen molar-refractivity contribution < 1.29 is 4.79 Å². The van der Waals surface area contributed by atoms with Crippen LogP contribution < -0.4 is 5.32 Å². The summed E-state index contributed by atoms with van der Waals surface area (Å²) in [6, 6.07) is 10.0. The molecule has 0 atom stereocenters. The van der Waals surface area contributed by atoms with E-state index in [-0.39, 0.29) is 5.91 Å². The summed E-state index contributed by atoms with van der Waals surface area (Å²) in [5, 5.41) is 7.08. The standard InChI is InChI=1S/C15H19N3O/c1-12-14(11-17-18(12)2)10-16-15(19)9-8-13-6-4-3-5-7-13/h3-7,11H,8-10H2,1-2H3,(H,16,19). The van der Waals surface area contributed by atoms with Crippen LogP contribution in [0.1, 0.15) is 23.2 Å². The second-order valence-electron chi connectivity index (χ2n) is 4.64. The van der Waals surface area contributed by atoms with Crippen LogP contribution in [0, 0.1) is 6.92 Å². The van der Waals surface area contributed by atoms with Gasteiger partial charge in [-0.2, -0.15) is 5.10 Å². The van der Waals surface area contributed by atoms with Crippen LogP contribution in [0.4, 0.5) is 0 Å². The summed E-state index contributed by atoms with van der Waals surface area (Å²) >= 11 is 0. The molecule has 0 aliphatic rings. The molecule has 1 amide bonds. The molecule has 4 heteroatoms. The highest BCUT2D eigenvalue weighted by Crippen LogP contribution is 2.06. The fourth-order valence-corrected chi connectivity index (χ4v) is 1.90. The largest absolute Gasteiger partial charge is 0.352 e. The van der Waals surface area contributed by atoms with Gasteiger partial charge in [-0.05, 0) is 18.9 Å². The van der Waals surface area contributed by atoms with Gasteiger partial charge in [0.15, 0.2) is 0 Å². The summed E-state index contributed by atoms with van der Waals surface area (Å²) in [6.45, 7) is 2.55. The number of carbonyl (C=O) groups is 1. The maximum absolute atomic E-state index is 11.8. The lowest BCUT2D eigenvalue weighted by Gasteiger charge is -2.05. The zero-order valence-electron chi connectivity index (χ0n) is 11.4. The monoisotopic (exact) mass is 257 g/mol. The van der Waals surface area contributed by atoms with E-state index in [0.717, 1.165) is 17.7 Å². The molecule has 2 rings (SSSR count). The highest BCUT2D eigenvalue weighted by atomic mass is 16.1. The quantitative estimate of drug-likeness (QED) is 0.890. The van der Waals surface area contributed by atoms with Crippen LogP contribution in [0.3, 0.4) is 0 Å². The number of nitrogens with zero attached hydrogens (tertiary/aromatic N) is 2. The van der Waals surface area contributed by atoms with Crippen LogP contribution in [-0.2, 0) is 24.8 Å². The van der Waals surface area contributed by atoms with E-state index in [0.29, 0.717) is 13.0 Å². The van der Waals surface area contributed by atoms with E-state index in [1.165, 1.54) is 5.56 Å². The van der Waals surface area contributed by atoms with Gasteiger partial charge in [-0.3, -0.25) is 9.48 Å².